The molecular weight excluding hydrogens is 192 g/mol. The molecule has 0 fully saturated rings. The van der Waals surface area contributed by atoms with Crippen molar-refractivity contribution in [3.05, 3.63) is 0 Å². The number of hydrogen-bond acceptors (Lipinski definition) is 7. The normalized spacial score (nSPS) is 10.7. The van der Waals surface area contributed by atoms with Gasteiger partial charge in [-0.2, -0.15) is 0 Å². The molecule has 7 heteroatoms. The van der Waals surface area contributed by atoms with Gasteiger partial charge in [-0.05, 0) is 6.42 Å². The molecule has 1 N–H and O–H groups in total. The second-order valence-electron chi connectivity index (χ2n) is 2.27. The molecule has 0 rings (SSSR count). The number of rotatable bonds is 4. The van der Waals surface area contributed by atoms with Gasteiger partial charge in [0.2, 0.25) is 0 Å². The third-order valence-corrected chi connectivity index (χ3v) is 1.20. The van der Waals surface area contributed by atoms with Crippen LogP contribution in [0.15, 0.2) is 5.10 Å². The van der Waals surface area contributed by atoms with E-state index in [4.69, 9.17) is 0 Å². The number of carbonyl (C=O) groups is 2. The van der Waals surface area contributed by atoms with Crippen LogP contribution in [0.1, 0.15) is 20.3 Å². The molecule has 0 aliphatic rings. The first kappa shape index (κ1) is 12.1. The summed E-state index contributed by atoms with van der Waals surface area (Å²) in [4.78, 5) is 39.1. The van der Waals surface area contributed by atoms with Crippen LogP contribution in [0.4, 0.5) is 0 Å². The van der Waals surface area contributed by atoms with E-state index in [-0.39, 0.29) is 0 Å². The third kappa shape index (κ3) is 4.89. The van der Waals surface area contributed by atoms with Crippen LogP contribution in [0, 0.1) is 0 Å². The number of isocyanates is 1. The molecule has 0 amide bonds. The molecule has 0 aromatic heterocycles. The Morgan fingerprint density at radius 1 is 1.50 bits per heavy atom. The Kier molecular flexibility index (Phi) is 5.73. The zero-order valence-electron chi connectivity index (χ0n) is 7.77. The summed E-state index contributed by atoms with van der Waals surface area (Å²) in [6.45, 7) is 2.75. The van der Waals surface area contributed by atoms with Gasteiger partial charge in [0.1, 0.15) is 6.04 Å². The second-order valence-corrected chi connectivity index (χ2v) is 2.27. The predicted molar refractivity (Wildman–Crippen MR) is 43.2 cm³/mol. The van der Waals surface area contributed by atoms with E-state index in [1.54, 1.807) is 6.92 Å². The van der Waals surface area contributed by atoms with Crippen molar-refractivity contribution in [2.75, 3.05) is 0 Å². The zero-order valence-corrected chi connectivity index (χ0v) is 7.77. The fourth-order valence-corrected chi connectivity index (χ4v) is 0.573. The summed E-state index contributed by atoms with van der Waals surface area (Å²) < 4.78 is 0. The first-order valence-electron chi connectivity index (χ1n) is 3.83. The van der Waals surface area contributed by atoms with Gasteiger partial charge in [0.05, 0.1) is 0 Å². The van der Waals surface area contributed by atoms with Crippen LogP contribution in [0.3, 0.4) is 0 Å². The molecule has 0 saturated carbocycles. The Hall–Kier alpha value is -1.88. The molecule has 0 aromatic rings. The van der Waals surface area contributed by atoms with Gasteiger partial charge in [-0.25, -0.2) is 24.2 Å². The zero-order chi connectivity index (χ0) is 11.0. The Bertz CT molecular complexity index is 259. The molecule has 0 heterocycles. The number of hydrogen-bond donors (Lipinski definition) is 1. The van der Waals surface area contributed by atoms with E-state index >= 15 is 0 Å². The van der Waals surface area contributed by atoms with Gasteiger partial charge in [-0.3, -0.25) is 5.43 Å². The fourth-order valence-electron chi connectivity index (χ4n) is 0.573. The number of carbonyl (C=O) groups excluding carboxylic acids is 3. The van der Waals surface area contributed by atoms with Crippen molar-refractivity contribution in [3.63, 3.8) is 0 Å². The van der Waals surface area contributed by atoms with Gasteiger partial charge >= 0.3 is 11.9 Å². The second kappa shape index (κ2) is 6.62. The molecule has 0 aliphatic heterocycles. The molecule has 78 valence electrons. The van der Waals surface area contributed by atoms with Crippen molar-refractivity contribution in [2.24, 2.45) is 5.10 Å². The maximum Gasteiger partial charge on any atom is 0.379 e. The first-order valence-corrected chi connectivity index (χ1v) is 3.83. The van der Waals surface area contributed by atoms with E-state index in [1.807, 2.05) is 0 Å². The topological polar surface area (TPSA) is 94.1 Å². The molecule has 0 bridgehead atoms. The van der Waals surface area contributed by atoms with E-state index in [9.17, 15) is 14.4 Å². The van der Waals surface area contributed by atoms with Gasteiger partial charge in [0.25, 0.3) is 6.08 Å². The van der Waals surface area contributed by atoms with E-state index in [1.165, 1.54) is 6.08 Å². The summed E-state index contributed by atoms with van der Waals surface area (Å²) in [5, 5.41) is 2.99. The minimum absolute atomic E-state index is 0.325. The van der Waals surface area contributed by atoms with Gasteiger partial charge in [-0.1, -0.05) is 12.0 Å². The number of nitrogens with zero attached hydrogens (tertiary/aromatic N) is 1. The van der Waals surface area contributed by atoms with Gasteiger partial charge < -0.3 is 0 Å². The highest BCUT2D eigenvalue weighted by molar-refractivity contribution is 5.76. The van der Waals surface area contributed by atoms with Crippen molar-refractivity contribution in [3.8, 4) is 0 Å². The van der Waals surface area contributed by atoms with Crippen molar-refractivity contribution in [2.45, 2.75) is 26.3 Å². The Balaban J connectivity index is 4.03. The molecular formula is C7H10N2O5. The maximum atomic E-state index is 11.0. The van der Waals surface area contributed by atoms with E-state index in [2.05, 4.69) is 20.3 Å². The summed E-state index contributed by atoms with van der Waals surface area (Å²) in [6, 6.07) is -0.837. The monoisotopic (exact) mass is 202 g/mol. The van der Waals surface area contributed by atoms with Crippen LogP contribution < -0.4 is 5.43 Å². The average Bonchev–Trinajstić information content (AvgIpc) is 2.16. The molecule has 0 aliphatic carbocycles. The lowest BCUT2D eigenvalue weighted by molar-refractivity contribution is -0.258. The van der Waals surface area contributed by atoms with Crippen LogP contribution >= 0.6 is 0 Å². The highest BCUT2D eigenvalue weighted by Crippen LogP contribution is 1.95. The molecule has 0 radical (unpaired) electrons. The lowest BCUT2D eigenvalue weighted by Crippen LogP contribution is -2.34. The van der Waals surface area contributed by atoms with Crippen molar-refractivity contribution in [1.82, 2.24) is 5.43 Å². The highest BCUT2D eigenvalue weighted by Gasteiger charge is 2.19. The molecule has 0 aromatic carbocycles. The Labute approximate surface area is 80.0 Å². The molecule has 7 nitrogen and oxygen atoms in total. The van der Waals surface area contributed by atoms with Gasteiger partial charge in [-0.15, -0.1) is 0 Å². The van der Waals surface area contributed by atoms with Crippen LogP contribution in [0.2, 0.25) is 0 Å². The molecule has 14 heavy (non-hydrogen) atoms. The van der Waals surface area contributed by atoms with Crippen LogP contribution in [0.5, 0.6) is 0 Å². The Morgan fingerprint density at radius 2 is 2.14 bits per heavy atom. The fraction of sp³-hybridized carbons (Fsp3) is 0.571. The van der Waals surface area contributed by atoms with E-state index in [0.717, 1.165) is 6.92 Å². The van der Waals surface area contributed by atoms with Crippen LogP contribution in [-0.4, -0.2) is 24.1 Å². The molecule has 1 unspecified atom stereocenters. The Morgan fingerprint density at radius 3 is 2.57 bits per heavy atom. The van der Waals surface area contributed by atoms with Crippen molar-refractivity contribution in [1.29, 1.82) is 0 Å². The molecule has 1 atom stereocenters. The van der Waals surface area contributed by atoms with E-state index in [0.29, 0.717) is 6.42 Å². The first-order chi connectivity index (χ1) is 6.61. The van der Waals surface area contributed by atoms with Gasteiger partial charge in [0.15, 0.2) is 0 Å². The SMILES string of the molecule is CCC(NN=C=O)C(=O)OOC(C)=O. The van der Waals surface area contributed by atoms with Crippen molar-refractivity contribution >= 4 is 18.0 Å². The summed E-state index contributed by atoms with van der Waals surface area (Å²) in [5.41, 5.74) is 2.18. The van der Waals surface area contributed by atoms with Crippen LogP contribution in [0.25, 0.3) is 0 Å². The molecule has 0 spiro atoms. The van der Waals surface area contributed by atoms with Crippen LogP contribution in [-0.2, 0) is 24.2 Å². The average molecular weight is 202 g/mol. The highest BCUT2D eigenvalue weighted by atomic mass is 17.2. The minimum Gasteiger partial charge on any atom is -0.285 e. The summed E-state index contributed by atoms with van der Waals surface area (Å²) >= 11 is 0. The summed E-state index contributed by atoms with van der Waals surface area (Å²) in [7, 11) is 0. The number of hydrazone groups is 1. The van der Waals surface area contributed by atoms with Gasteiger partial charge in [0, 0.05) is 6.92 Å². The molecule has 0 saturated heterocycles. The standard InChI is InChI=1S/C7H10N2O5/c1-3-6(9-8-4-10)7(12)14-13-5(2)11/h6,9H,3H2,1-2H3. The van der Waals surface area contributed by atoms with E-state index < -0.39 is 18.0 Å². The quantitative estimate of drug-likeness (QED) is 0.289. The largest absolute Gasteiger partial charge is 0.379 e. The lowest BCUT2D eigenvalue weighted by Gasteiger charge is -2.09. The lowest BCUT2D eigenvalue weighted by atomic mass is 10.2. The third-order valence-electron chi connectivity index (χ3n) is 1.20. The van der Waals surface area contributed by atoms with Crippen molar-refractivity contribution < 1.29 is 24.2 Å². The summed E-state index contributed by atoms with van der Waals surface area (Å²) in [6.07, 6.45) is 1.53. The number of nitrogens with one attached hydrogen (secondary N) is 1. The smallest absolute Gasteiger partial charge is 0.285 e. The summed E-state index contributed by atoms with van der Waals surface area (Å²) in [5.74, 6) is -1.58. The maximum absolute atomic E-state index is 11.0. The minimum atomic E-state index is -0.837. The predicted octanol–water partition coefficient (Wildman–Crippen LogP) is -0.373.